The Morgan fingerprint density at radius 3 is 2.42 bits per heavy atom. The summed E-state index contributed by atoms with van der Waals surface area (Å²) in [5.41, 5.74) is 1.86. The van der Waals surface area contributed by atoms with Gasteiger partial charge in [0.15, 0.2) is 11.3 Å². The maximum absolute atomic E-state index is 13.8. The first-order valence-corrected chi connectivity index (χ1v) is 9.79. The highest BCUT2D eigenvalue weighted by molar-refractivity contribution is 6.00. The van der Waals surface area contributed by atoms with E-state index in [1.807, 2.05) is 24.3 Å². The molecular formula is C23H17F3N4O. The van der Waals surface area contributed by atoms with Crippen LogP contribution in [0.25, 0.3) is 16.9 Å². The van der Waals surface area contributed by atoms with Gasteiger partial charge >= 0.3 is 6.18 Å². The normalized spacial score (nSPS) is 14.0. The van der Waals surface area contributed by atoms with Crippen molar-refractivity contribution in [3.05, 3.63) is 89.2 Å². The summed E-state index contributed by atoms with van der Waals surface area (Å²) in [6.45, 7) is 0.883. The minimum atomic E-state index is -4.65. The average molecular weight is 422 g/mol. The topological polar surface area (TPSA) is 50.5 Å². The monoisotopic (exact) mass is 422 g/mol. The van der Waals surface area contributed by atoms with Crippen molar-refractivity contribution in [3.8, 4) is 11.3 Å². The van der Waals surface area contributed by atoms with Gasteiger partial charge in [0.05, 0.1) is 11.9 Å². The molecule has 2 aromatic heterocycles. The lowest BCUT2D eigenvalue weighted by molar-refractivity contribution is -0.142. The number of nitrogens with zero attached hydrogens (tertiary/aromatic N) is 4. The van der Waals surface area contributed by atoms with Gasteiger partial charge in [0, 0.05) is 18.7 Å². The van der Waals surface area contributed by atoms with E-state index in [0.29, 0.717) is 29.6 Å². The summed E-state index contributed by atoms with van der Waals surface area (Å²) in [4.78, 5) is 19.3. The Morgan fingerprint density at radius 2 is 1.68 bits per heavy atom. The smallest absolute Gasteiger partial charge is 0.334 e. The predicted molar refractivity (Wildman–Crippen MR) is 108 cm³/mol. The van der Waals surface area contributed by atoms with E-state index in [0.717, 1.165) is 11.6 Å². The van der Waals surface area contributed by atoms with Crippen LogP contribution in [-0.2, 0) is 19.1 Å². The fourth-order valence-corrected chi connectivity index (χ4v) is 3.91. The van der Waals surface area contributed by atoms with Crippen LogP contribution in [0.15, 0.2) is 66.9 Å². The van der Waals surface area contributed by atoms with Crippen molar-refractivity contribution in [3.63, 3.8) is 0 Å². The predicted octanol–water partition coefficient (Wildman–Crippen LogP) is 4.61. The summed E-state index contributed by atoms with van der Waals surface area (Å²) in [6, 6.07) is 17.4. The zero-order valence-electron chi connectivity index (χ0n) is 16.3. The molecule has 3 heterocycles. The molecule has 0 bridgehead atoms. The molecule has 0 N–H and O–H groups in total. The Kier molecular flexibility index (Phi) is 4.50. The first-order valence-electron chi connectivity index (χ1n) is 9.79. The van der Waals surface area contributed by atoms with Gasteiger partial charge in [0.1, 0.15) is 5.56 Å². The zero-order valence-corrected chi connectivity index (χ0v) is 16.3. The van der Waals surface area contributed by atoms with Crippen LogP contribution in [0.1, 0.15) is 27.2 Å². The van der Waals surface area contributed by atoms with Gasteiger partial charge in [-0.1, -0.05) is 54.6 Å². The van der Waals surface area contributed by atoms with E-state index < -0.39 is 11.9 Å². The van der Waals surface area contributed by atoms with E-state index in [1.54, 1.807) is 35.2 Å². The molecule has 0 unspecified atom stereocenters. The Morgan fingerprint density at radius 1 is 0.968 bits per heavy atom. The molecule has 5 nitrogen and oxygen atoms in total. The Hall–Kier alpha value is -3.68. The van der Waals surface area contributed by atoms with Gasteiger partial charge in [-0.05, 0) is 23.6 Å². The Labute approximate surface area is 175 Å². The standard InChI is InChI=1S/C23H17F3N4O/c24-23(25,26)20-12-19(16-7-2-1-3-8-16)28-21-18(13-27-30(20)21)22(31)29-11-10-15-6-4-5-9-17(15)14-29/h1-9,12-13H,10-11,14H2. The van der Waals surface area contributed by atoms with E-state index in [2.05, 4.69) is 10.1 Å². The van der Waals surface area contributed by atoms with Crippen molar-refractivity contribution in [1.29, 1.82) is 0 Å². The highest BCUT2D eigenvalue weighted by Crippen LogP contribution is 2.33. The van der Waals surface area contributed by atoms with Crippen LogP contribution in [0, 0.1) is 0 Å². The second-order valence-electron chi connectivity index (χ2n) is 7.43. The Balaban J connectivity index is 1.61. The van der Waals surface area contributed by atoms with Gasteiger partial charge < -0.3 is 4.90 Å². The summed E-state index contributed by atoms with van der Waals surface area (Å²) in [7, 11) is 0. The zero-order chi connectivity index (χ0) is 21.6. The lowest BCUT2D eigenvalue weighted by atomic mass is 9.99. The van der Waals surface area contributed by atoms with Crippen LogP contribution in [0.2, 0.25) is 0 Å². The van der Waals surface area contributed by atoms with E-state index >= 15 is 0 Å². The number of hydrogen-bond acceptors (Lipinski definition) is 3. The van der Waals surface area contributed by atoms with Gasteiger partial charge in [-0.3, -0.25) is 4.79 Å². The van der Waals surface area contributed by atoms with E-state index in [-0.39, 0.29) is 22.8 Å². The molecule has 0 aliphatic carbocycles. The minimum absolute atomic E-state index is 0.0580. The van der Waals surface area contributed by atoms with Crippen molar-refractivity contribution in [2.24, 2.45) is 0 Å². The lowest BCUT2D eigenvalue weighted by Gasteiger charge is -2.28. The first-order chi connectivity index (χ1) is 14.9. The SMILES string of the molecule is O=C(c1cnn2c(C(F)(F)F)cc(-c3ccccc3)nc12)N1CCc2ccccc2C1. The molecule has 4 aromatic rings. The van der Waals surface area contributed by atoms with Crippen molar-refractivity contribution < 1.29 is 18.0 Å². The van der Waals surface area contributed by atoms with Crippen LogP contribution in [0.3, 0.4) is 0 Å². The number of fused-ring (bicyclic) bond motifs is 2. The average Bonchev–Trinajstić information content (AvgIpc) is 3.21. The second kappa shape index (κ2) is 7.23. The summed E-state index contributed by atoms with van der Waals surface area (Å²) in [5, 5.41) is 3.87. The van der Waals surface area contributed by atoms with Crippen LogP contribution in [-0.4, -0.2) is 31.9 Å². The molecular weight excluding hydrogens is 405 g/mol. The van der Waals surface area contributed by atoms with Crippen LogP contribution < -0.4 is 0 Å². The molecule has 156 valence electrons. The van der Waals surface area contributed by atoms with Crippen molar-refractivity contribution >= 4 is 11.6 Å². The molecule has 0 fully saturated rings. The third-order valence-corrected chi connectivity index (χ3v) is 5.48. The number of carbonyl (C=O) groups is 1. The third kappa shape index (κ3) is 3.43. The molecule has 1 aliphatic heterocycles. The molecule has 0 atom stereocenters. The largest absolute Gasteiger partial charge is 0.433 e. The van der Waals surface area contributed by atoms with Gasteiger partial charge in [0.2, 0.25) is 0 Å². The van der Waals surface area contributed by atoms with Gasteiger partial charge in [-0.25, -0.2) is 9.50 Å². The number of alkyl halides is 3. The van der Waals surface area contributed by atoms with Crippen LogP contribution in [0.4, 0.5) is 13.2 Å². The van der Waals surface area contributed by atoms with Gasteiger partial charge in [0.25, 0.3) is 5.91 Å². The Bertz CT molecular complexity index is 1280. The maximum Gasteiger partial charge on any atom is 0.433 e. The lowest BCUT2D eigenvalue weighted by Crippen LogP contribution is -2.36. The molecule has 1 amide bonds. The summed E-state index contributed by atoms with van der Waals surface area (Å²) >= 11 is 0. The van der Waals surface area contributed by atoms with E-state index in [4.69, 9.17) is 0 Å². The fraction of sp³-hybridized carbons (Fsp3) is 0.174. The molecule has 0 saturated heterocycles. The van der Waals surface area contributed by atoms with Crippen molar-refractivity contribution in [2.45, 2.75) is 19.1 Å². The van der Waals surface area contributed by atoms with Crippen molar-refractivity contribution in [2.75, 3.05) is 6.54 Å². The number of halogens is 3. The maximum atomic E-state index is 13.8. The number of carbonyl (C=O) groups excluding carboxylic acids is 1. The number of benzene rings is 2. The molecule has 5 rings (SSSR count). The minimum Gasteiger partial charge on any atom is -0.334 e. The highest BCUT2D eigenvalue weighted by atomic mass is 19.4. The third-order valence-electron chi connectivity index (χ3n) is 5.48. The molecule has 0 spiro atoms. The van der Waals surface area contributed by atoms with E-state index in [9.17, 15) is 18.0 Å². The fourth-order valence-electron chi connectivity index (χ4n) is 3.91. The van der Waals surface area contributed by atoms with E-state index in [1.165, 1.54) is 11.8 Å². The first kappa shape index (κ1) is 19.3. The second-order valence-corrected chi connectivity index (χ2v) is 7.43. The van der Waals surface area contributed by atoms with Gasteiger partial charge in [-0.15, -0.1) is 0 Å². The molecule has 31 heavy (non-hydrogen) atoms. The molecule has 2 aromatic carbocycles. The molecule has 8 heteroatoms. The molecule has 0 radical (unpaired) electrons. The molecule has 1 aliphatic rings. The van der Waals surface area contributed by atoms with Crippen molar-refractivity contribution in [1.82, 2.24) is 19.5 Å². The summed E-state index contributed by atoms with van der Waals surface area (Å²) in [6.07, 6.45) is -2.78. The highest BCUT2D eigenvalue weighted by Gasteiger charge is 2.36. The summed E-state index contributed by atoms with van der Waals surface area (Å²) in [5.74, 6) is -0.379. The molecule has 0 saturated carbocycles. The number of aromatic nitrogens is 3. The van der Waals surface area contributed by atoms with Crippen LogP contribution >= 0.6 is 0 Å². The number of hydrogen-bond donors (Lipinski definition) is 0. The van der Waals surface area contributed by atoms with Gasteiger partial charge in [-0.2, -0.15) is 18.3 Å². The number of amides is 1. The number of rotatable bonds is 2. The summed E-state index contributed by atoms with van der Waals surface area (Å²) < 4.78 is 42.0. The quantitative estimate of drug-likeness (QED) is 0.474. The van der Waals surface area contributed by atoms with Crippen LogP contribution in [0.5, 0.6) is 0 Å².